The Kier molecular flexibility index (Phi) is 9.20. The number of anilines is 1. The van der Waals surface area contributed by atoms with Gasteiger partial charge in [0.2, 0.25) is 5.91 Å². The van der Waals surface area contributed by atoms with E-state index in [-0.39, 0.29) is 56.9 Å². The van der Waals surface area contributed by atoms with Crippen LogP contribution in [0.3, 0.4) is 0 Å². The Labute approximate surface area is 224 Å². The topological polar surface area (TPSA) is 59.4 Å². The Hall–Kier alpha value is -1.63. The molecule has 1 saturated carbocycles. The maximum absolute atomic E-state index is 13.3. The van der Waals surface area contributed by atoms with Gasteiger partial charge in [0.25, 0.3) is 0 Å². The Morgan fingerprint density at radius 3 is 2.58 bits per heavy atom. The molecule has 1 aliphatic rings. The molecule has 0 spiro atoms. The second kappa shape index (κ2) is 11.7. The van der Waals surface area contributed by atoms with Gasteiger partial charge in [-0.1, -0.05) is 37.8 Å². The van der Waals surface area contributed by atoms with Crippen LogP contribution in [-0.4, -0.2) is 29.1 Å². The zero-order chi connectivity index (χ0) is 22.7. The number of thiophene rings is 1. The van der Waals surface area contributed by atoms with Crippen molar-refractivity contribution in [2.75, 3.05) is 11.4 Å². The Morgan fingerprint density at radius 2 is 1.91 bits per heavy atom. The number of aromatic nitrogens is 1. The third kappa shape index (κ3) is 5.90. The molecule has 5 nitrogen and oxygen atoms in total. The van der Waals surface area contributed by atoms with Gasteiger partial charge < -0.3 is 14.3 Å². The number of amides is 1. The molecule has 1 aliphatic carbocycles. The van der Waals surface area contributed by atoms with Gasteiger partial charge in [0.15, 0.2) is 5.78 Å². The summed E-state index contributed by atoms with van der Waals surface area (Å²) in [5, 5.41) is 2.00. The van der Waals surface area contributed by atoms with Crippen LogP contribution < -0.4 is 4.90 Å². The summed E-state index contributed by atoms with van der Waals surface area (Å²) in [5.41, 5.74) is 3.53. The molecule has 33 heavy (non-hydrogen) atoms. The number of fused-ring (bicyclic) bond motifs is 1. The molecule has 0 saturated heterocycles. The summed E-state index contributed by atoms with van der Waals surface area (Å²) in [5.74, 6) is 0.370. The van der Waals surface area contributed by atoms with Gasteiger partial charge in [0.1, 0.15) is 6.54 Å². The van der Waals surface area contributed by atoms with Gasteiger partial charge in [-0.15, -0.1) is 17.3 Å². The first-order valence-corrected chi connectivity index (χ1v) is 12.2. The minimum absolute atomic E-state index is 0. The number of hydrogen-bond acceptors (Lipinski definition) is 4. The Bertz CT molecular complexity index is 1130. The van der Waals surface area contributed by atoms with Crippen LogP contribution in [0.1, 0.15) is 55.1 Å². The third-order valence-electron chi connectivity index (χ3n) is 6.52. The van der Waals surface area contributed by atoms with Crippen molar-refractivity contribution in [2.24, 2.45) is 11.8 Å². The second-order valence-electron chi connectivity index (χ2n) is 8.73. The number of likely N-dealkylation sites (N-methyl/N-ethyl adjacent to an activating group) is 1. The van der Waals surface area contributed by atoms with E-state index in [1.54, 1.807) is 16.2 Å². The first kappa shape index (κ1) is 26.0. The van der Waals surface area contributed by atoms with Gasteiger partial charge in [0.05, 0.1) is 15.9 Å². The molecule has 0 unspecified atom stereocenters. The van der Waals surface area contributed by atoms with Crippen molar-refractivity contribution in [2.45, 2.75) is 52.5 Å². The first-order chi connectivity index (χ1) is 15.5. The number of ketones is 1. The largest absolute Gasteiger partial charge is 0.542 e. The molecule has 2 aromatic heterocycles. The van der Waals surface area contributed by atoms with E-state index in [0.29, 0.717) is 24.6 Å². The zero-order valence-corrected chi connectivity index (χ0v) is 22.9. The molecule has 0 N–H and O–H groups in total. The molecule has 171 valence electrons. The maximum Gasteiger partial charge on any atom is 0.246 e. The fourth-order valence-electron chi connectivity index (χ4n) is 4.75. The fraction of sp³-hybridized carbons (Fsp3) is 0.423. The minimum Gasteiger partial charge on any atom is -0.542 e. The van der Waals surface area contributed by atoms with E-state index < -0.39 is 0 Å². The molecule has 1 amide bonds. The number of rotatable bonds is 8. The van der Waals surface area contributed by atoms with E-state index in [9.17, 15) is 14.4 Å². The molecule has 1 aromatic carbocycles. The van der Waals surface area contributed by atoms with E-state index >= 15 is 0 Å². The van der Waals surface area contributed by atoms with Crippen LogP contribution in [0.4, 0.5) is 5.69 Å². The monoisotopic (exact) mass is 538 g/mol. The van der Waals surface area contributed by atoms with Crippen molar-refractivity contribution < 1.29 is 47.1 Å². The van der Waals surface area contributed by atoms with Gasteiger partial charge in [-0.05, 0) is 55.0 Å². The van der Waals surface area contributed by atoms with Crippen molar-refractivity contribution in [3.05, 3.63) is 53.0 Å². The van der Waals surface area contributed by atoms with Crippen molar-refractivity contribution >= 4 is 45.2 Å². The third-order valence-corrected chi connectivity index (χ3v) is 7.37. The van der Waals surface area contributed by atoms with E-state index in [0.717, 1.165) is 47.2 Å². The number of aryl methyl sites for hydroxylation is 1. The number of carbonyl (C=O) groups is 2. The summed E-state index contributed by atoms with van der Waals surface area (Å²) in [6.45, 7) is 4.68. The average molecular weight is 539 g/mol. The van der Waals surface area contributed by atoms with Crippen LogP contribution in [0.25, 0.3) is 10.2 Å². The summed E-state index contributed by atoms with van der Waals surface area (Å²) in [7, 11) is 0. The molecule has 0 atom stereocenters. The van der Waals surface area contributed by atoms with Crippen molar-refractivity contribution in [3.8, 4) is 0 Å². The molecular weight excluding hydrogens is 509 g/mol. The Morgan fingerprint density at radius 1 is 1.15 bits per heavy atom. The second-order valence-corrected chi connectivity index (χ2v) is 9.67. The summed E-state index contributed by atoms with van der Waals surface area (Å²) in [6.07, 6.45) is 5.98. The number of Topliss-reactive ketones (excluding diaryl/α,β-unsaturated/α-hetero) is 1. The van der Waals surface area contributed by atoms with Gasteiger partial charge in [-0.2, -0.15) is 0 Å². The number of benzene rings is 1. The van der Waals surface area contributed by atoms with Crippen LogP contribution in [-0.2, 0) is 48.8 Å². The van der Waals surface area contributed by atoms with Gasteiger partial charge in [-0.25, -0.2) is 0 Å². The fourth-order valence-corrected chi connectivity index (χ4v) is 5.57. The summed E-state index contributed by atoms with van der Waals surface area (Å²) in [6, 6.07) is 11.8. The van der Waals surface area contributed by atoms with Crippen LogP contribution >= 0.6 is 11.3 Å². The summed E-state index contributed by atoms with van der Waals surface area (Å²) < 4.78 is 2.92. The molecule has 1 radical (unpaired) electrons. The quantitative estimate of drug-likeness (QED) is 0.279. The molecule has 3 aromatic rings. The van der Waals surface area contributed by atoms with Crippen molar-refractivity contribution in [3.63, 3.8) is 0 Å². The minimum atomic E-state index is -0.0297. The standard InChI is InChI=1S/C26H29N2O3S.Y/c1-3-27(21-6-4-5-18(2)13-21)26(31)16-28-22-11-12-32-25(22)15-23(28)24(30)14-19-7-9-20(17-29)10-8-19;/h4-6,11-13,15,19-20H,3,7-10,14,16H2,1-2H3;/q-1;. The van der Waals surface area contributed by atoms with E-state index in [2.05, 4.69) is 6.29 Å². The molecule has 7 heteroatoms. The number of nitrogens with zero attached hydrogens (tertiary/aromatic N) is 2. The van der Waals surface area contributed by atoms with Gasteiger partial charge >= 0.3 is 0 Å². The number of hydrogen-bond donors (Lipinski definition) is 0. The smallest absolute Gasteiger partial charge is 0.246 e. The predicted octanol–water partition coefficient (Wildman–Crippen LogP) is 5.55. The summed E-state index contributed by atoms with van der Waals surface area (Å²) in [4.78, 5) is 39.3. The van der Waals surface area contributed by atoms with Crippen molar-refractivity contribution in [1.29, 1.82) is 0 Å². The molecular formula is C26H29N2O3SY-. The van der Waals surface area contributed by atoms with Crippen LogP contribution in [0.15, 0.2) is 41.8 Å². The average Bonchev–Trinajstić information content (AvgIpc) is 3.37. The maximum atomic E-state index is 13.3. The normalized spacial score (nSPS) is 18.0. The molecule has 0 aliphatic heterocycles. The zero-order valence-electron chi connectivity index (χ0n) is 19.3. The molecule has 2 heterocycles. The van der Waals surface area contributed by atoms with E-state index in [1.165, 1.54) is 0 Å². The summed E-state index contributed by atoms with van der Waals surface area (Å²) >= 11 is 1.59. The van der Waals surface area contributed by atoms with Crippen molar-refractivity contribution in [1.82, 2.24) is 4.57 Å². The predicted molar refractivity (Wildman–Crippen MR) is 129 cm³/mol. The van der Waals surface area contributed by atoms with Crippen LogP contribution in [0.2, 0.25) is 0 Å². The Balaban J connectivity index is 0.00000306. The van der Waals surface area contributed by atoms with Crippen LogP contribution in [0, 0.1) is 18.8 Å². The van der Waals surface area contributed by atoms with E-state index in [1.807, 2.05) is 60.2 Å². The molecule has 0 bridgehead atoms. The SMILES string of the molecule is CCN(C(=O)Cn1c(C(=O)CC2CCC([C-]=O)CC2)cc2sccc21)c1cccc(C)c1.[Y]. The van der Waals surface area contributed by atoms with Gasteiger partial charge in [-0.3, -0.25) is 15.9 Å². The van der Waals surface area contributed by atoms with Crippen LogP contribution in [0.5, 0.6) is 0 Å². The first-order valence-electron chi connectivity index (χ1n) is 11.3. The van der Waals surface area contributed by atoms with Gasteiger partial charge in [0, 0.05) is 51.4 Å². The van der Waals surface area contributed by atoms with E-state index in [4.69, 9.17) is 0 Å². The number of carbonyl (C=O) groups excluding carboxylic acids is 3. The molecule has 4 rings (SSSR count). The molecule has 1 fully saturated rings.